The molecule has 0 unspecified atom stereocenters. The van der Waals surface area contributed by atoms with Crippen LogP contribution in [0.15, 0.2) is 73.3 Å². The summed E-state index contributed by atoms with van der Waals surface area (Å²) >= 11 is 6.11. The van der Waals surface area contributed by atoms with E-state index in [2.05, 4.69) is 46.6 Å². The van der Waals surface area contributed by atoms with Gasteiger partial charge in [-0.2, -0.15) is 0 Å². The number of phenols is 1. The second-order valence-electron chi connectivity index (χ2n) is 17.9. The molecule has 3 N–H and O–H groups in total. The maximum atomic E-state index is 15.0. The Morgan fingerprint density at radius 3 is 1.79 bits per heavy atom. The molecular formula is C53H61ClF2N8O6. The first-order valence-corrected chi connectivity index (χ1v) is 24.3. The molecule has 2 fully saturated rings. The fourth-order valence-electron chi connectivity index (χ4n) is 8.88. The molecule has 14 nitrogen and oxygen atoms in total. The van der Waals surface area contributed by atoms with E-state index in [0.717, 1.165) is 59.7 Å². The SMILES string of the molecule is COc1cc2c(Cl)ncnc2cc1OCCCN1CCC(C)CC1.COc1cc2c(Oc3ccc4[nH]c(C)cc4c3F)ncnc2cc1OCCCN1CCCCC1.Cc1cc2c(F)c(O)ccc2[nH]1. The van der Waals surface area contributed by atoms with Crippen LogP contribution in [0, 0.1) is 31.4 Å². The van der Waals surface area contributed by atoms with Gasteiger partial charge in [-0.1, -0.05) is 24.9 Å². The zero-order valence-corrected chi connectivity index (χ0v) is 41.2. The quantitative estimate of drug-likeness (QED) is 0.0701. The predicted molar refractivity (Wildman–Crippen MR) is 270 cm³/mol. The highest BCUT2D eigenvalue weighted by atomic mass is 35.5. The minimum atomic E-state index is -0.558. The van der Waals surface area contributed by atoms with Gasteiger partial charge in [0.25, 0.3) is 0 Å². The molecule has 0 radical (unpaired) electrons. The molecule has 10 rings (SSSR count). The molecule has 2 saturated heterocycles. The van der Waals surface area contributed by atoms with Gasteiger partial charge >= 0.3 is 0 Å². The van der Waals surface area contributed by atoms with Gasteiger partial charge in [0.1, 0.15) is 17.8 Å². The summed E-state index contributed by atoms with van der Waals surface area (Å²) in [7, 11) is 3.22. The summed E-state index contributed by atoms with van der Waals surface area (Å²) in [5.41, 5.74) is 4.59. The van der Waals surface area contributed by atoms with Crippen molar-refractivity contribution in [2.45, 2.75) is 65.7 Å². The first kappa shape index (κ1) is 49.9. The number of methoxy groups -OCH3 is 2. The van der Waals surface area contributed by atoms with E-state index in [-0.39, 0.29) is 17.4 Å². The monoisotopic (exact) mass is 978 g/mol. The lowest BCUT2D eigenvalue weighted by Crippen LogP contribution is -2.34. The second-order valence-corrected chi connectivity index (χ2v) is 18.3. The standard InChI is InChI=1S/C26H29FN4O3.C18H24ClN3O2.C9H8FNO/c1-17-13-18-20(30-17)7-8-22(25(18)27)34-26-19-14-23(32-2)24(15-21(19)28-16-29-26)33-12-6-11-31-9-4-3-5-10-31;1-13-4-7-22(8-5-13)6-3-9-24-17-11-15-14(10-16(17)23-2)18(19)21-12-20-15;1-5-4-6-7(11-5)2-3-8(12)9(6)10/h7-8,13-16,30H,3-6,9-12H2,1-2H3;10-13H,3-9H2,1-2H3;2-4,11-12H,1H3. The highest BCUT2D eigenvalue weighted by Gasteiger charge is 2.19. The number of phenolic OH excluding ortho intramolecular Hbond substituents is 1. The van der Waals surface area contributed by atoms with Crippen molar-refractivity contribution in [3.63, 3.8) is 0 Å². The summed E-state index contributed by atoms with van der Waals surface area (Å²) in [5.74, 6) is 2.46. The molecule has 0 bridgehead atoms. The Morgan fingerprint density at radius 2 is 1.17 bits per heavy atom. The van der Waals surface area contributed by atoms with Crippen molar-refractivity contribution >= 4 is 55.2 Å². The fraction of sp³-hybridized carbons (Fsp3) is 0.396. The number of hydrogen-bond donors (Lipinski definition) is 3. The number of aromatic hydroxyl groups is 1. The van der Waals surface area contributed by atoms with Crippen LogP contribution in [0.2, 0.25) is 5.15 Å². The van der Waals surface area contributed by atoms with Crippen molar-refractivity contribution in [3.05, 3.63) is 101 Å². The third kappa shape index (κ3) is 12.3. The molecule has 0 spiro atoms. The van der Waals surface area contributed by atoms with Crippen LogP contribution in [0.25, 0.3) is 43.6 Å². The number of benzene rings is 4. The van der Waals surface area contributed by atoms with E-state index in [9.17, 15) is 4.39 Å². The van der Waals surface area contributed by atoms with Gasteiger partial charge in [0.15, 0.2) is 46.1 Å². The van der Waals surface area contributed by atoms with Crippen LogP contribution in [0.5, 0.6) is 40.4 Å². The summed E-state index contributed by atoms with van der Waals surface area (Å²) in [5, 5.41) is 11.8. The average Bonchev–Trinajstić information content (AvgIpc) is 3.96. The Morgan fingerprint density at radius 1 is 0.629 bits per heavy atom. The molecule has 2 aliphatic heterocycles. The third-order valence-electron chi connectivity index (χ3n) is 12.7. The maximum Gasteiger partial charge on any atom is 0.230 e. The molecule has 8 aromatic rings. The molecule has 4 aromatic heterocycles. The van der Waals surface area contributed by atoms with E-state index in [1.54, 1.807) is 50.6 Å². The number of aromatic nitrogens is 6. The van der Waals surface area contributed by atoms with Crippen LogP contribution in [-0.2, 0) is 0 Å². The Labute approximate surface area is 411 Å². The topological polar surface area (TPSA) is 156 Å². The number of hydrogen-bond acceptors (Lipinski definition) is 12. The van der Waals surface area contributed by atoms with E-state index in [4.69, 9.17) is 40.4 Å². The molecule has 0 saturated carbocycles. The zero-order chi connectivity index (χ0) is 49.1. The Hall–Kier alpha value is -6.49. The van der Waals surface area contributed by atoms with E-state index in [1.807, 2.05) is 32.0 Å². The summed E-state index contributed by atoms with van der Waals surface area (Å²) in [6.07, 6.45) is 11.3. The van der Waals surface area contributed by atoms with Gasteiger partial charge in [0.05, 0.1) is 43.9 Å². The van der Waals surface area contributed by atoms with Crippen molar-refractivity contribution in [3.8, 4) is 40.4 Å². The van der Waals surface area contributed by atoms with Crippen LogP contribution in [0.3, 0.4) is 0 Å². The van der Waals surface area contributed by atoms with E-state index in [1.165, 1.54) is 77.0 Å². The van der Waals surface area contributed by atoms with Gasteiger partial charge in [-0.15, -0.1) is 0 Å². The number of H-pyrrole nitrogens is 2. The lowest BCUT2D eigenvalue weighted by Gasteiger charge is -2.30. The lowest BCUT2D eigenvalue weighted by molar-refractivity contribution is 0.176. The second kappa shape index (κ2) is 23.4. The number of nitrogens with one attached hydrogen (secondary N) is 2. The number of likely N-dealkylation sites (tertiary alicyclic amines) is 2. The van der Waals surface area contributed by atoms with Crippen molar-refractivity contribution in [2.24, 2.45) is 5.92 Å². The van der Waals surface area contributed by atoms with Crippen molar-refractivity contribution in [2.75, 3.05) is 66.7 Å². The maximum absolute atomic E-state index is 15.0. The largest absolute Gasteiger partial charge is 0.505 e. The first-order chi connectivity index (χ1) is 34.0. The molecule has 2 aliphatic rings. The predicted octanol–water partition coefficient (Wildman–Crippen LogP) is 11.7. The number of aryl methyl sites for hydroxylation is 2. The van der Waals surface area contributed by atoms with E-state index < -0.39 is 11.6 Å². The fourth-order valence-corrected chi connectivity index (χ4v) is 9.07. The number of fused-ring (bicyclic) bond motifs is 4. The summed E-state index contributed by atoms with van der Waals surface area (Å²) in [6.45, 7) is 14.2. The van der Waals surface area contributed by atoms with Gasteiger partial charge in [-0.25, -0.2) is 28.7 Å². The van der Waals surface area contributed by atoms with Gasteiger partial charge in [-0.05, 0) is 133 Å². The van der Waals surface area contributed by atoms with E-state index in [0.29, 0.717) is 68.6 Å². The number of rotatable bonds is 14. The number of ether oxygens (including phenoxy) is 5. The molecule has 0 aliphatic carbocycles. The van der Waals surface area contributed by atoms with Crippen LogP contribution >= 0.6 is 11.6 Å². The number of aromatic amines is 2. The van der Waals surface area contributed by atoms with Crippen LogP contribution in [0.1, 0.15) is 63.3 Å². The minimum Gasteiger partial charge on any atom is -0.505 e. The summed E-state index contributed by atoms with van der Waals surface area (Å²) in [6, 6.07) is 17.1. The molecular weight excluding hydrogens is 918 g/mol. The van der Waals surface area contributed by atoms with Crippen LogP contribution < -0.4 is 23.7 Å². The van der Waals surface area contributed by atoms with Gasteiger partial charge in [-0.3, -0.25) is 0 Å². The van der Waals surface area contributed by atoms with E-state index >= 15 is 4.39 Å². The normalized spacial score (nSPS) is 14.6. The smallest absolute Gasteiger partial charge is 0.230 e. The van der Waals surface area contributed by atoms with Crippen molar-refractivity contribution < 1.29 is 37.6 Å². The van der Waals surface area contributed by atoms with Gasteiger partial charge in [0.2, 0.25) is 5.88 Å². The zero-order valence-electron chi connectivity index (χ0n) is 40.4. The van der Waals surface area contributed by atoms with Gasteiger partial charge in [0, 0.05) is 63.8 Å². The number of nitrogens with zero attached hydrogens (tertiary/aromatic N) is 6. The van der Waals surface area contributed by atoms with Gasteiger partial charge < -0.3 is 48.6 Å². The first-order valence-electron chi connectivity index (χ1n) is 23.9. The molecule has 370 valence electrons. The Balaban J connectivity index is 0.000000158. The molecule has 17 heteroatoms. The van der Waals surface area contributed by atoms with Crippen molar-refractivity contribution in [1.82, 2.24) is 39.7 Å². The minimum absolute atomic E-state index is 0.100. The molecule has 0 amide bonds. The third-order valence-corrected chi connectivity index (χ3v) is 13.0. The average molecular weight is 980 g/mol. The van der Waals surface area contributed by atoms with Crippen LogP contribution in [-0.4, -0.2) is 112 Å². The number of piperidine rings is 2. The highest BCUT2D eigenvalue weighted by Crippen LogP contribution is 2.38. The molecule has 4 aromatic carbocycles. The van der Waals surface area contributed by atoms with Crippen molar-refractivity contribution in [1.29, 1.82) is 0 Å². The molecule has 70 heavy (non-hydrogen) atoms. The lowest BCUT2D eigenvalue weighted by atomic mass is 9.99. The number of halogens is 3. The highest BCUT2D eigenvalue weighted by molar-refractivity contribution is 6.34. The summed E-state index contributed by atoms with van der Waals surface area (Å²) < 4.78 is 57.0. The molecule has 6 heterocycles. The summed E-state index contributed by atoms with van der Waals surface area (Å²) in [4.78, 5) is 28.0. The van der Waals surface area contributed by atoms with Crippen LogP contribution in [0.4, 0.5) is 8.78 Å². The Kier molecular flexibility index (Phi) is 16.7. The Bertz CT molecular complexity index is 3030. The molecule has 0 atom stereocenters.